The van der Waals surface area contributed by atoms with E-state index >= 15 is 0 Å². The zero-order valence-electron chi connectivity index (χ0n) is 49.5. The number of nitrogens with zero attached hydrogens (tertiary/aromatic N) is 5. The molecule has 0 N–H and O–H groups in total. The standard InChI is InChI=1S/C37H45N3O5.C33H36N2O2/c1-24(2)44-35(42)33(18-26-13-11-10-12-14-26)40-22-32(38-39-40)31-16-15-29(17-25(31)3)45-34(41)23-43-30-20-27(36(4,5)6)19-28(21-30)37(7,8)9;1-2-4-6-25-37-30-22-18-27(19-23-30)31-13-9-15-33(35-31)32-14-8-12-28(34-32)11-7-10-26-16-20-29(21-17-26)36-24-5-3-1/h10-17,19-22,24,33H,18,23H2,1-9H3;8-9,12-23H,1-7,10-11,24-25H2/t33-;/m0./s1. The Bertz CT molecular complexity index is 3290. The van der Waals surface area contributed by atoms with Gasteiger partial charge in [0.1, 0.15) is 28.7 Å². The highest BCUT2D eigenvalue weighted by Crippen LogP contribution is 2.34. The zero-order chi connectivity index (χ0) is 58.1. The van der Waals surface area contributed by atoms with E-state index in [9.17, 15) is 9.59 Å². The van der Waals surface area contributed by atoms with Crippen LogP contribution in [0.1, 0.15) is 140 Å². The molecule has 12 nitrogen and oxygen atoms in total. The number of hydrogen-bond acceptors (Lipinski definition) is 11. The number of aromatic nitrogens is 5. The van der Waals surface area contributed by atoms with E-state index in [1.807, 2.05) is 93.6 Å². The van der Waals surface area contributed by atoms with Crippen molar-refractivity contribution in [2.45, 2.75) is 149 Å². The number of hydrogen-bond donors (Lipinski definition) is 0. The van der Waals surface area contributed by atoms with Crippen molar-refractivity contribution in [1.82, 2.24) is 25.0 Å². The Hall–Kier alpha value is -8.12. The van der Waals surface area contributed by atoms with Gasteiger partial charge < -0.3 is 23.7 Å². The average Bonchev–Trinajstić information content (AvgIpc) is 4.15. The predicted molar refractivity (Wildman–Crippen MR) is 326 cm³/mol. The highest BCUT2D eigenvalue weighted by atomic mass is 16.6. The lowest BCUT2D eigenvalue weighted by atomic mass is 9.80. The quantitative estimate of drug-likeness (QED) is 0.0956. The van der Waals surface area contributed by atoms with E-state index in [0.29, 0.717) is 23.6 Å². The Morgan fingerprint density at radius 1 is 0.598 bits per heavy atom. The van der Waals surface area contributed by atoms with Gasteiger partial charge in [0.05, 0.1) is 42.6 Å². The molecule has 0 fully saturated rings. The summed E-state index contributed by atoms with van der Waals surface area (Å²) in [6.07, 6.45) is 12.0. The van der Waals surface area contributed by atoms with E-state index in [-0.39, 0.29) is 29.5 Å². The van der Waals surface area contributed by atoms with Crippen LogP contribution in [0.3, 0.4) is 0 Å². The molecule has 4 aliphatic heterocycles. The fourth-order valence-electron chi connectivity index (χ4n) is 9.56. The molecule has 12 rings (SSSR count). The summed E-state index contributed by atoms with van der Waals surface area (Å²) in [7, 11) is 0. The molecule has 7 heterocycles. The first-order valence-electron chi connectivity index (χ1n) is 29.1. The van der Waals surface area contributed by atoms with Gasteiger partial charge in [0, 0.05) is 23.2 Å². The van der Waals surface area contributed by atoms with Crippen LogP contribution in [-0.2, 0) is 44.4 Å². The number of carbonyl (C=O) groups excluding carboxylic acids is 2. The Labute approximate surface area is 485 Å². The summed E-state index contributed by atoms with van der Waals surface area (Å²) in [5.74, 6) is 2.05. The van der Waals surface area contributed by atoms with Gasteiger partial charge in [-0.3, -0.25) is 4.98 Å². The number of rotatable bonds is 10. The number of ether oxygens (including phenoxy) is 5. The Balaban J connectivity index is 0.000000218. The molecule has 8 bridgehead atoms. The van der Waals surface area contributed by atoms with Gasteiger partial charge in [-0.15, -0.1) is 5.10 Å². The lowest BCUT2D eigenvalue weighted by molar-refractivity contribution is -0.151. The molecule has 82 heavy (non-hydrogen) atoms. The van der Waals surface area contributed by atoms with Crippen LogP contribution in [0.5, 0.6) is 23.0 Å². The van der Waals surface area contributed by atoms with Gasteiger partial charge in [-0.2, -0.15) is 0 Å². The fourth-order valence-corrected chi connectivity index (χ4v) is 9.56. The first kappa shape index (κ1) is 60.0. The molecule has 1 atom stereocenters. The molecule has 4 aliphatic rings. The summed E-state index contributed by atoms with van der Waals surface area (Å²) in [5, 5.41) is 8.64. The van der Waals surface area contributed by atoms with Crippen molar-refractivity contribution in [2.24, 2.45) is 0 Å². The van der Waals surface area contributed by atoms with Crippen molar-refractivity contribution in [1.29, 1.82) is 0 Å². The van der Waals surface area contributed by atoms with Crippen LogP contribution >= 0.6 is 0 Å². The van der Waals surface area contributed by atoms with E-state index in [1.54, 1.807) is 23.0 Å². The van der Waals surface area contributed by atoms with Crippen molar-refractivity contribution in [2.75, 3.05) is 19.8 Å². The molecule has 0 saturated heterocycles. The van der Waals surface area contributed by atoms with Crippen molar-refractivity contribution in [3.05, 3.63) is 191 Å². The highest BCUT2D eigenvalue weighted by molar-refractivity contribution is 5.76. The van der Waals surface area contributed by atoms with Crippen LogP contribution in [0.2, 0.25) is 0 Å². The smallest absolute Gasteiger partial charge is 0.349 e. The van der Waals surface area contributed by atoms with Gasteiger partial charge in [0.15, 0.2) is 12.6 Å². The molecule has 0 aliphatic carbocycles. The van der Waals surface area contributed by atoms with Crippen LogP contribution in [0, 0.1) is 6.92 Å². The van der Waals surface area contributed by atoms with Crippen molar-refractivity contribution in [3.63, 3.8) is 0 Å². The third kappa shape index (κ3) is 17.9. The minimum Gasteiger partial charge on any atom is -0.494 e. The average molecular weight is 1100 g/mol. The van der Waals surface area contributed by atoms with Crippen molar-refractivity contribution < 1.29 is 33.3 Å². The summed E-state index contributed by atoms with van der Waals surface area (Å²) in [4.78, 5) is 35.6. The molecule has 0 saturated carbocycles. The first-order chi connectivity index (χ1) is 39.4. The van der Waals surface area contributed by atoms with Crippen LogP contribution in [0.25, 0.3) is 33.9 Å². The minimum absolute atomic E-state index is 0.0648. The summed E-state index contributed by atoms with van der Waals surface area (Å²) in [5.41, 5.74) is 11.7. The molecular formula is C70H81N5O7. The molecule has 428 valence electrons. The SMILES string of the molecule is Cc1cc(OC(=O)COc2cc(C(C)(C)C)cc(C(C)(C)C)c2)ccc1-c1cn([C@@H](Cc2ccccc2)C(=O)OC(C)C)nn1.c1cc2nc(c1)-c1cccc(n1)-c1ccc(cc1)OCCCCCCCCOc1ccc(cc1)CCC2. The Morgan fingerprint density at radius 3 is 1.84 bits per heavy atom. The zero-order valence-corrected chi connectivity index (χ0v) is 49.5. The van der Waals surface area contributed by atoms with Crippen LogP contribution in [0.15, 0.2) is 158 Å². The molecular weight excluding hydrogens is 1020 g/mol. The maximum Gasteiger partial charge on any atom is 0.349 e. The number of esters is 2. The second-order valence-electron chi connectivity index (χ2n) is 23.5. The van der Waals surface area contributed by atoms with Gasteiger partial charge in [0.2, 0.25) is 0 Å². The van der Waals surface area contributed by atoms with Gasteiger partial charge >= 0.3 is 11.9 Å². The highest BCUT2D eigenvalue weighted by Gasteiger charge is 2.26. The van der Waals surface area contributed by atoms with Crippen molar-refractivity contribution >= 4 is 11.9 Å². The van der Waals surface area contributed by atoms with Gasteiger partial charge in [-0.1, -0.05) is 133 Å². The molecule has 0 spiro atoms. The van der Waals surface area contributed by atoms with Gasteiger partial charge in [-0.05, 0) is 183 Å². The van der Waals surface area contributed by atoms with Crippen LogP contribution in [-0.4, -0.2) is 62.8 Å². The molecule has 8 aromatic rings. The van der Waals surface area contributed by atoms with E-state index in [2.05, 4.69) is 119 Å². The predicted octanol–water partition coefficient (Wildman–Crippen LogP) is 15.7. The normalized spacial score (nSPS) is 13.8. The Kier molecular flexibility index (Phi) is 20.9. The summed E-state index contributed by atoms with van der Waals surface area (Å²) >= 11 is 0. The fraction of sp³-hybridized carbons (Fsp3) is 0.371. The van der Waals surface area contributed by atoms with E-state index in [0.717, 1.165) is 113 Å². The van der Waals surface area contributed by atoms with E-state index < -0.39 is 12.0 Å². The number of pyridine rings is 2. The van der Waals surface area contributed by atoms with Crippen LogP contribution < -0.4 is 18.9 Å². The second-order valence-corrected chi connectivity index (χ2v) is 23.5. The molecule has 3 aromatic heterocycles. The van der Waals surface area contributed by atoms with Crippen molar-refractivity contribution in [3.8, 4) is 56.9 Å². The monoisotopic (exact) mass is 1100 g/mol. The maximum absolute atomic E-state index is 13.0. The van der Waals surface area contributed by atoms with Gasteiger partial charge in [0.25, 0.3) is 0 Å². The van der Waals surface area contributed by atoms with E-state index in [4.69, 9.17) is 33.7 Å². The largest absolute Gasteiger partial charge is 0.494 e. The maximum atomic E-state index is 13.0. The summed E-state index contributed by atoms with van der Waals surface area (Å²) < 4.78 is 30.5. The van der Waals surface area contributed by atoms with E-state index in [1.165, 1.54) is 31.2 Å². The van der Waals surface area contributed by atoms with Gasteiger partial charge in [-0.25, -0.2) is 19.3 Å². The number of carbonyl (C=O) groups is 2. The molecule has 0 unspecified atom stereocenters. The lowest BCUT2D eigenvalue weighted by Gasteiger charge is -2.26. The van der Waals surface area contributed by atoms with Crippen LogP contribution in [0.4, 0.5) is 0 Å². The topological polar surface area (TPSA) is 137 Å². The molecule has 0 amide bonds. The lowest BCUT2D eigenvalue weighted by Crippen LogP contribution is -2.26. The molecule has 12 heteroatoms. The summed E-state index contributed by atoms with van der Waals surface area (Å²) in [6.45, 7) is 19.8. The molecule has 0 radical (unpaired) electrons. The third-order valence-electron chi connectivity index (χ3n) is 14.3. The third-order valence-corrected chi connectivity index (χ3v) is 14.3. The number of benzene rings is 5. The second kappa shape index (κ2) is 28.5. The molecule has 5 aromatic carbocycles. The summed E-state index contributed by atoms with van der Waals surface area (Å²) in [6, 6.07) is 49.8. The first-order valence-corrected chi connectivity index (χ1v) is 29.1. The number of aryl methyl sites for hydroxylation is 3. The minimum atomic E-state index is -0.667. The Morgan fingerprint density at radius 2 is 1.21 bits per heavy atom.